The van der Waals surface area contributed by atoms with Gasteiger partial charge in [-0.2, -0.15) is 0 Å². The van der Waals surface area contributed by atoms with Crippen LogP contribution in [0.4, 0.5) is 0 Å². The van der Waals surface area contributed by atoms with E-state index in [-0.39, 0.29) is 0 Å². The van der Waals surface area contributed by atoms with Crippen LogP contribution in [-0.2, 0) is 0 Å². The summed E-state index contributed by atoms with van der Waals surface area (Å²) in [5.41, 5.74) is 1.60. The highest BCUT2D eigenvalue weighted by Crippen LogP contribution is 2.29. The quantitative estimate of drug-likeness (QED) is 0.728. The van der Waals surface area contributed by atoms with Crippen LogP contribution in [0, 0.1) is 23.7 Å². The van der Waals surface area contributed by atoms with Gasteiger partial charge in [-0.1, -0.05) is 38.3 Å². The number of allylic oxidation sites excluding steroid dienone is 2. The Kier molecular flexibility index (Phi) is 5.29. The van der Waals surface area contributed by atoms with E-state index in [0.717, 1.165) is 23.7 Å². The van der Waals surface area contributed by atoms with Gasteiger partial charge in [0.1, 0.15) is 0 Å². The third-order valence-corrected chi connectivity index (χ3v) is 4.89. The van der Waals surface area contributed by atoms with Gasteiger partial charge in [0.15, 0.2) is 0 Å². The molecule has 0 aromatic rings. The predicted octanol–water partition coefficient (Wildman–Crippen LogP) is 4.39. The smallest absolute Gasteiger partial charge is 0.00171 e. The van der Waals surface area contributed by atoms with Crippen LogP contribution in [0.25, 0.3) is 0 Å². The van der Waals surface area contributed by atoms with Crippen molar-refractivity contribution in [2.45, 2.75) is 59.3 Å². The minimum Gasteiger partial charge on any atom is -0.316 e. The van der Waals surface area contributed by atoms with Crippen LogP contribution in [-0.4, -0.2) is 13.1 Å². The Morgan fingerprint density at radius 3 is 2.39 bits per heavy atom. The molecule has 0 saturated heterocycles. The summed E-state index contributed by atoms with van der Waals surface area (Å²) in [6.07, 6.45) is 11.0. The zero-order chi connectivity index (χ0) is 13.0. The van der Waals surface area contributed by atoms with Crippen LogP contribution in [0.1, 0.15) is 59.3 Å². The summed E-state index contributed by atoms with van der Waals surface area (Å²) < 4.78 is 0. The van der Waals surface area contributed by atoms with Gasteiger partial charge in [-0.25, -0.2) is 0 Å². The second kappa shape index (κ2) is 6.75. The van der Waals surface area contributed by atoms with Gasteiger partial charge in [-0.05, 0) is 69.4 Å². The van der Waals surface area contributed by atoms with E-state index >= 15 is 0 Å². The van der Waals surface area contributed by atoms with Crippen molar-refractivity contribution < 1.29 is 0 Å². The van der Waals surface area contributed by atoms with Crippen molar-refractivity contribution in [2.75, 3.05) is 13.1 Å². The van der Waals surface area contributed by atoms with Gasteiger partial charge in [0.25, 0.3) is 0 Å². The summed E-state index contributed by atoms with van der Waals surface area (Å²) in [5, 5.41) is 3.75. The molecule has 2 unspecified atom stereocenters. The minimum absolute atomic E-state index is 0.793. The number of hydrogen-bond acceptors (Lipinski definition) is 1. The van der Waals surface area contributed by atoms with E-state index in [4.69, 9.17) is 0 Å². The van der Waals surface area contributed by atoms with Crippen molar-refractivity contribution in [2.24, 2.45) is 23.7 Å². The third-order valence-electron chi connectivity index (χ3n) is 4.89. The molecule has 1 saturated carbocycles. The van der Waals surface area contributed by atoms with E-state index in [1.807, 2.05) is 0 Å². The SMILES string of the molecule is CC1=CC(C)CC(CNCC2CCC(C)CC2)C1. The summed E-state index contributed by atoms with van der Waals surface area (Å²) in [6, 6.07) is 0. The van der Waals surface area contributed by atoms with Crippen molar-refractivity contribution in [1.29, 1.82) is 0 Å². The first-order chi connectivity index (χ1) is 8.63. The molecule has 2 aliphatic rings. The number of rotatable bonds is 4. The molecule has 0 amide bonds. The van der Waals surface area contributed by atoms with E-state index in [1.165, 1.54) is 51.6 Å². The molecule has 18 heavy (non-hydrogen) atoms. The maximum absolute atomic E-state index is 3.75. The molecule has 2 aliphatic carbocycles. The average Bonchev–Trinajstić information content (AvgIpc) is 2.30. The first-order valence-electron chi connectivity index (χ1n) is 8.01. The number of hydrogen-bond donors (Lipinski definition) is 1. The highest BCUT2D eigenvalue weighted by molar-refractivity contribution is 5.06. The van der Waals surface area contributed by atoms with Gasteiger partial charge in [0, 0.05) is 0 Å². The molecule has 0 aromatic heterocycles. The molecule has 1 nitrogen and oxygen atoms in total. The lowest BCUT2D eigenvalue weighted by Crippen LogP contribution is -2.31. The van der Waals surface area contributed by atoms with Crippen LogP contribution in [0.2, 0.25) is 0 Å². The van der Waals surface area contributed by atoms with E-state index in [0.29, 0.717) is 0 Å². The van der Waals surface area contributed by atoms with E-state index in [9.17, 15) is 0 Å². The van der Waals surface area contributed by atoms with Crippen LogP contribution in [0.15, 0.2) is 11.6 Å². The average molecular weight is 249 g/mol. The molecule has 1 fully saturated rings. The van der Waals surface area contributed by atoms with Crippen LogP contribution in [0.5, 0.6) is 0 Å². The first-order valence-corrected chi connectivity index (χ1v) is 8.01. The lowest BCUT2D eigenvalue weighted by Gasteiger charge is -2.29. The van der Waals surface area contributed by atoms with Crippen molar-refractivity contribution >= 4 is 0 Å². The van der Waals surface area contributed by atoms with Crippen molar-refractivity contribution in [3.63, 3.8) is 0 Å². The normalized spacial score (nSPS) is 37.4. The molecule has 0 bridgehead atoms. The largest absolute Gasteiger partial charge is 0.316 e. The Balaban J connectivity index is 1.62. The Morgan fingerprint density at radius 1 is 1.06 bits per heavy atom. The van der Waals surface area contributed by atoms with Gasteiger partial charge in [-0.15, -0.1) is 0 Å². The van der Waals surface area contributed by atoms with Gasteiger partial charge in [-0.3, -0.25) is 0 Å². The molecule has 2 atom stereocenters. The molecule has 0 aromatic carbocycles. The standard InChI is InChI=1S/C17H31N/c1-13-4-6-16(7-5-13)11-18-12-17-9-14(2)8-15(3)10-17/h8,13-14,16-18H,4-7,9-12H2,1-3H3. The minimum atomic E-state index is 0.793. The molecule has 1 N–H and O–H groups in total. The summed E-state index contributed by atoms with van der Waals surface area (Å²) in [5.74, 6) is 3.61. The van der Waals surface area contributed by atoms with Crippen LogP contribution in [0.3, 0.4) is 0 Å². The van der Waals surface area contributed by atoms with Gasteiger partial charge in [0.05, 0.1) is 0 Å². The monoisotopic (exact) mass is 249 g/mol. The van der Waals surface area contributed by atoms with Gasteiger partial charge >= 0.3 is 0 Å². The highest BCUT2D eigenvalue weighted by atomic mass is 14.9. The third kappa shape index (κ3) is 4.42. The molecule has 104 valence electrons. The van der Waals surface area contributed by atoms with E-state index in [2.05, 4.69) is 32.2 Å². The first kappa shape index (κ1) is 14.1. The van der Waals surface area contributed by atoms with E-state index in [1.54, 1.807) is 5.57 Å². The zero-order valence-corrected chi connectivity index (χ0v) is 12.5. The highest BCUT2D eigenvalue weighted by Gasteiger charge is 2.20. The van der Waals surface area contributed by atoms with Gasteiger partial charge in [0.2, 0.25) is 0 Å². The molecule has 0 radical (unpaired) electrons. The van der Waals surface area contributed by atoms with Gasteiger partial charge < -0.3 is 5.32 Å². The van der Waals surface area contributed by atoms with Crippen LogP contribution >= 0.6 is 0 Å². The lowest BCUT2D eigenvalue weighted by molar-refractivity contribution is 0.273. The maximum atomic E-state index is 3.75. The Bertz CT molecular complexity index is 273. The van der Waals surface area contributed by atoms with E-state index < -0.39 is 0 Å². The van der Waals surface area contributed by atoms with Crippen molar-refractivity contribution in [1.82, 2.24) is 5.32 Å². The van der Waals surface area contributed by atoms with Crippen molar-refractivity contribution in [3.05, 3.63) is 11.6 Å². The molecule has 1 heteroatoms. The second-order valence-electron chi connectivity index (χ2n) is 7.08. The predicted molar refractivity (Wildman–Crippen MR) is 79.6 cm³/mol. The summed E-state index contributed by atoms with van der Waals surface area (Å²) in [7, 11) is 0. The Labute approximate surface area is 113 Å². The fourth-order valence-electron chi connectivity index (χ4n) is 3.87. The maximum Gasteiger partial charge on any atom is -0.00171 e. The molecular formula is C17H31N. The molecule has 0 heterocycles. The molecule has 0 aliphatic heterocycles. The number of nitrogens with one attached hydrogen (secondary N) is 1. The summed E-state index contributed by atoms with van der Waals surface area (Å²) in [4.78, 5) is 0. The fraction of sp³-hybridized carbons (Fsp3) is 0.882. The lowest BCUT2D eigenvalue weighted by atomic mass is 9.82. The second-order valence-corrected chi connectivity index (χ2v) is 7.08. The summed E-state index contributed by atoms with van der Waals surface area (Å²) in [6.45, 7) is 9.56. The molecular weight excluding hydrogens is 218 g/mol. The molecule has 0 spiro atoms. The van der Waals surface area contributed by atoms with Crippen LogP contribution < -0.4 is 5.32 Å². The topological polar surface area (TPSA) is 12.0 Å². The Morgan fingerprint density at radius 2 is 1.72 bits per heavy atom. The Hall–Kier alpha value is -0.300. The van der Waals surface area contributed by atoms with Crippen molar-refractivity contribution in [3.8, 4) is 0 Å². The zero-order valence-electron chi connectivity index (χ0n) is 12.5. The fourth-order valence-corrected chi connectivity index (χ4v) is 3.87. The molecule has 2 rings (SSSR count). The summed E-state index contributed by atoms with van der Waals surface area (Å²) >= 11 is 0.